The third kappa shape index (κ3) is 3.90. The Labute approximate surface area is 148 Å². The molecule has 0 spiro atoms. The van der Waals surface area contributed by atoms with Crippen molar-refractivity contribution >= 4 is 29.0 Å². The standard InChI is InChI=1S/C19H25N5O/c1-4-7-14-12-17(24(5-2)6-3)23-19(20-14)21-15-9-8-13-10-18(25)22-16(13)11-15/h8-9,11-12H,4-7,10H2,1-3H3,(H,22,25)(H,20,21,23). The third-order valence-corrected chi connectivity index (χ3v) is 4.35. The summed E-state index contributed by atoms with van der Waals surface area (Å²) < 4.78 is 0. The fraction of sp³-hybridized carbons (Fsp3) is 0.421. The molecule has 2 aromatic rings. The molecule has 0 atom stereocenters. The van der Waals surface area contributed by atoms with Gasteiger partial charge in [0.2, 0.25) is 11.9 Å². The van der Waals surface area contributed by atoms with E-state index in [-0.39, 0.29) is 5.91 Å². The van der Waals surface area contributed by atoms with Crippen molar-refractivity contribution in [3.05, 3.63) is 35.5 Å². The van der Waals surface area contributed by atoms with Gasteiger partial charge in [-0.2, -0.15) is 4.98 Å². The fourth-order valence-corrected chi connectivity index (χ4v) is 3.05. The van der Waals surface area contributed by atoms with Crippen LogP contribution in [0.15, 0.2) is 24.3 Å². The summed E-state index contributed by atoms with van der Waals surface area (Å²) in [6.07, 6.45) is 2.41. The number of hydrogen-bond acceptors (Lipinski definition) is 5. The summed E-state index contributed by atoms with van der Waals surface area (Å²) >= 11 is 0. The number of anilines is 4. The van der Waals surface area contributed by atoms with Gasteiger partial charge < -0.3 is 15.5 Å². The van der Waals surface area contributed by atoms with Crippen molar-refractivity contribution in [1.82, 2.24) is 9.97 Å². The molecular formula is C19H25N5O. The van der Waals surface area contributed by atoms with Crippen molar-refractivity contribution in [3.63, 3.8) is 0 Å². The molecule has 2 N–H and O–H groups in total. The minimum absolute atomic E-state index is 0.0390. The number of nitrogens with zero attached hydrogens (tertiary/aromatic N) is 3. The third-order valence-electron chi connectivity index (χ3n) is 4.35. The van der Waals surface area contributed by atoms with Gasteiger partial charge in [0.1, 0.15) is 5.82 Å². The average molecular weight is 339 g/mol. The Bertz CT molecular complexity index is 770. The molecule has 6 nitrogen and oxygen atoms in total. The molecule has 6 heteroatoms. The second-order valence-corrected chi connectivity index (χ2v) is 6.19. The number of hydrogen-bond donors (Lipinski definition) is 2. The highest BCUT2D eigenvalue weighted by Gasteiger charge is 2.18. The lowest BCUT2D eigenvalue weighted by Gasteiger charge is -2.21. The number of amides is 1. The maximum absolute atomic E-state index is 11.5. The average Bonchev–Trinajstić information content (AvgIpc) is 2.95. The van der Waals surface area contributed by atoms with E-state index in [4.69, 9.17) is 0 Å². The Morgan fingerprint density at radius 3 is 2.68 bits per heavy atom. The van der Waals surface area contributed by atoms with Crippen LogP contribution in [0.3, 0.4) is 0 Å². The molecule has 1 aliphatic rings. The Balaban J connectivity index is 1.88. The van der Waals surface area contributed by atoms with Crippen molar-refractivity contribution in [2.24, 2.45) is 0 Å². The number of carbonyl (C=O) groups is 1. The van der Waals surface area contributed by atoms with E-state index < -0.39 is 0 Å². The van der Waals surface area contributed by atoms with E-state index in [0.717, 1.165) is 54.4 Å². The summed E-state index contributed by atoms with van der Waals surface area (Å²) in [6, 6.07) is 7.95. The minimum Gasteiger partial charge on any atom is -0.357 e. The van der Waals surface area contributed by atoms with Gasteiger partial charge in [0.25, 0.3) is 0 Å². The smallest absolute Gasteiger partial charge is 0.229 e. The van der Waals surface area contributed by atoms with Crippen LogP contribution in [0.4, 0.5) is 23.1 Å². The van der Waals surface area contributed by atoms with Gasteiger partial charge in [0.15, 0.2) is 0 Å². The summed E-state index contributed by atoms with van der Waals surface area (Å²) in [5.74, 6) is 1.58. The zero-order valence-corrected chi connectivity index (χ0v) is 15.1. The van der Waals surface area contributed by atoms with E-state index in [1.807, 2.05) is 18.2 Å². The lowest BCUT2D eigenvalue weighted by Crippen LogP contribution is -2.23. The first-order valence-electron chi connectivity index (χ1n) is 8.95. The molecule has 132 valence electrons. The predicted molar refractivity (Wildman–Crippen MR) is 102 cm³/mol. The minimum atomic E-state index is 0.0390. The quantitative estimate of drug-likeness (QED) is 0.808. The summed E-state index contributed by atoms with van der Waals surface area (Å²) in [5.41, 5.74) is 3.81. The van der Waals surface area contributed by atoms with E-state index >= 15 is 0 Å². The van der Waals surface area contributed by atoms with Crippen LogP contribution < -0.4 is 15.5 Å². The molecule has 0 radical (unpaired) electrons. The highest BCUT2D eigenvalue weighted by atomic mass is 16.1. The van der Waals surface area contributed by atoms with Crippen molar-refractivity contribution in [3.8, 4) is 0 Å². The number of nitrogens with one attached hydrogen (secondary N) is 2. The molecular weight excluding hydrogens is 314 g/mol. The topological polar surface area (TPSA) is 70.2 Å². The van der Waals surface area contributed by atoms with Crippen molar-refractivity contribution in [1.29, 1.82) is 0 Å². The summed E-state index contributed by atoms with van der Waals surface area (Å²) in [6.45, 7) is 8.21. The number of rotatable bonds is 7. The molecule has 25 heavy (non-hydrogen) atoms. The number of aryl methyl sites for hydroxylation is 1. The van der Waals surface area contributed by atoms with Crippen LogP contribution in [0.2, 0.25) is 0 Å². The molecule has 0 saturated heterocycles. The van der Waals surface area contributed by atoms with Crippen LogP contribution in [0.25, 0.3) is 0 Å². The molecule has 1 aromatic carbocycles. The van der Waals surface area contributed by atoms with Crippen LogP contribution in [0.5, 0.6) is 0 Å². The molecule has 1 amide bonds. The Morgan fingerprint density at radius 2 is 1.96 bits per heavy atom. The molecule has 0 aliphatic carbocycles. The van der Waals surface area contributed by atoms with Crippen LogP contribution in [-0.4, -0.2) is 29.0 Å². The molecule has 2 heterocycles. The van der Waals surface area contributed by atoms with Crippen LogP contribution in [0.1, 0.15) is 38.4 Å². The molecule has 0 unspecified atom stereocenters. The van der Waals surface area contributed by atoms with Gasteiger partial charge in [0.05, 0.1) is 6.42 Å². The molecule has 0 bridgehead atoms. The van der Waals surface area contributed by atoms with E-state index in [1.54, 1.807) is 0 Å². The van der Waals surface area contributed by atoms with Gasteiger partial charge >= 0.3 is 0 Å². The first-order valence-corrected chi connectivity index (χ1v) is 8.95. The first-order chi connectivity index (χ1) is 12.1. The van der Waals surface area contributed by atoms with Crippen molar-refractivity contribution in [2.75, 3.05) is 28.6 Å². The van der Waals surface area contributed by atoms with E-state index in [9.17, 15) is 4.79 Å². The Morgan fingerprint density at radius 1 is 1.16 bits per heavy atom. The Kier molecular flexibility index (Phi) is 5.16. The van der Waals surface area contributed by atoms with Crippen molar-refractivity contribution in [2.45, 2.75) is 40.0 Å². The summed E-state index contributed by atoms with van der Waals surface area (Å²) in [7, 11) is 0. The van der Waals surface area contributed by atoms with Crippen molar-refractivity contribution < 1.29 is 4.79 Å². The lowest BCUT2D eigenvalue weighted by molar-refractivity contribution is -0.115. The number of fused-ring (bicyclic) bond motifs is 1. The van der Waals surface area contributed by atoms with Crippen LogP contribution in [0, 0.1) is 0 Å². The van der Waals surface area contributed by atoms with Crippen LogP contribution >= 0.6 is 0 Å². The van der Waals surface area contributed by atoms with Gasteiger partial charge in [-0.25, -0.2) is 4.98 Å². The van der Waals surface area contributed by atoms with Gasteiger partial charge in [-0.1, -0.05) is 19.4 Å². The number of carbonyl (C=O) groups excluding carboxylic acids is 1. The van der Waals surface area contributed by atoms with E-state index in [0.29, 0.717) is 12.4 Å². The number of aromatic nitrogens is 2. The summed E-state index contributed by atoms with van der Waals surface area (Å²) in [5, 5.41) is 6.17. The zero-order chi connectivity index (χ0) is 17.8. The molecule has 1 aromatic heterocycles. The first kappa shape index (κ1) is 17.2. The van der Waals surface area contributed by atoms with E-state index in [2.05, 4.69) is 52.3 Å². The van der Waals surface area contributed by atoms with Gasteiger partial charge in [-0.15, -0.1) is 0 Å². The monoisotopic (exact) mass is 339 g/mol. The predicted octanol–water partition coefficient (Wildman–Crippen LogP) is 3.51. The molecule has 3 rings (SSSR count). The molecule has 0 fully saturated rings. The number of benzene rings is 1. The zero-order valence-electron chi connectivity index (χ0n) is 15.1. The largest absolute Gasteiger partial charge is 0.357 e. The van der Waals surface area contributed by atoms with Gasteiger partial charge in [0, 0.05) is 36.2 Å². The van der Waals surface area contributed by atoms with E-state index in [1.165, 1.54) is 0 Å². The second-order valence-electron chi connectivity index (χ2n) is 6.19. The Hall–Kier alpha value is -2.63. The van der Waals surface area contributed by atoms with Gasteiger partial charge in [-0.05, 0) is 38.0 Å². The molecule has 0 saturated carbocycles. The highest BCUT2D eigenvalue weighted by molar-refractivity contribution is 5.99. The SMILES string of the molecule is CCCc1cc(N(CC)CC)nc(Nc2ccc3c(c2)NC(=O)C3)n1. The van der Waals surface area contributed by atoms with Gasteiger partial charge in [-0.3, -0.25) is 4.79 Å². The molecule has 1 aliphatic heterocycles. The maximum Gasteiger partial charge on any atom is 0.229 e. The lowest BCUT2D eigenvalue weighted by atomic mass is 10.1. The summed E-state index contributed by atoms with van der Waals surface area (Å²) in [4.78, 5) is 23.0. The van der Waals surface area contributed by atoms with Crippen LogP contribution in [-0.2, 0) is 17.6 Å². The fourth-order valence-electron chi connectivity index (χ4n) is 3.05. The highest BCUT2D eigenvalue weighted by Crippen LogP contribution is 2.28. The maximum atomic E-state index is 11.5. The normalized spacial score (nSPS) is 12.7. The second kappa shape index (κ2) is 7.51.